The maximum absolute atomic E-state index is 6.00. The molecule has 0 atom stereocenters. The molecule has 1 aromatic heterocycles. The summed E-state index contributed by atoms with van der Waals surface area (Å²) in [6.07, 6.45) is 4.55. The van der Waals surface area contributed by atoms with Gasteiger partial charge < -0.3 is 10.1 Å². The molecule has 17 heavy (non-hydrogen) atoms. The summed E-state index contributed by atoms with van der Waals surface area (Å²) < 4.78 is 7.83. The van der Waals surface area contributed by atoms with Crippen LogP contribution < -0.4 is 10.1 Å². The fourth-order valence-corrected chi connectivity index (χ4v) is 2.31. The molecule has 1 fully saturated rings. The summed E-state index contributed by atoms with van der Waals surface area (Å²) in [7, 11) is 1.94. The van der Waals surface area contributed by atoms with Crippen LogP contribution in [0, 0.1) is 0 Å². The molecule has 1 aromatic carbocycles. The lowest BCUT2D eigenvalue weighted by atomic mass is 10.1. The second-order valence-corrected chi connectivity index (χ2v) is 4.59. The van der Waals surface area contributed by atoms with Gasteiger partial charge in [0.05, 0.1) is 5.52 Å². The van der Waals surface area contributed by atoms with E-state index in [0.717, 1.165) is 42.6 Å². The summed E-state index contributed by atoms with van der Waals surface area (Å²) in [5, 5.41) is 8.83. The van der Waals surface area contributed by atoms with Gasteiger partial charge in [-0.2, -0.15) is 5.10 Å². The summed E-state index contributed by atoms with van der Waals surface area (Å²) in [5.41, 5.74) is 1.02. The number of nitrogens with zero attached hydrogens (tertiary/aromatic N) is 2. The lowest BCUT2D eigenvalue weighted by molar-refractivity contribution is 0.162. The molecular formula is C13H17N3O. The first-order valence-electron chi connectivity index (χ1n) is 6.12. The van der Waals surface area contributed by atoms with E-state index in [4.69, 9.17) is 4.74 Å². The van der Waals surface area contributed by atoms with Crippen LogP contribution >= 0.6 is 0 Å². The number of benzene rings is 1. The zero-order valence-electron chi connectivity index (χ0n) is 10.0. The van der Waals surface area contributed by atoms with E-state index < -0.39 is 0 Å². The highest BCUT2D eigenvalue weighted by Crippen LogP contribution is 2.22. The highest BCUT2D eigenvalue weighted by Gasteiger charge is 2.14. The lowest BCUT2D eigenvalue weighted by Crippen LogP contribution is -2.34. The minimum Gasteiger partial charge on any atom is -0.490 e. The number of hydrogen-bond donors (Lipinski definition) is 1. The standard InChI is InChI=1S/C13H17N3O/c1-16-9-10-8-12(2-3-13(10)15-16)17-11-4-6-14-7-5-11/h2-3,8-9,11,14H,4-7H2,1H3. The highest BCUT2D eigenvalue weighted by atomic mass is 16.5. The van der Waals surface area contributed by atoms with E-state index in [-0.39, 0.29) is 0 Å². The van der Waals surface area contributed by atoms with Crippen molar-refractivity contribution in [1.29, 1.82) is 0 Å². The van der Waals surface area contributed by atoms with Crippen LogP contribution in [0.2, 0.25) is 0 Å². The van der Waals surface area contributed by atoms with Crippen molar-refractivity contribution in [1.82, 2.24) is 15.1 Å². The zero-order valence-corrected chi connectivity index (χ0v) is 10.0. The number of hydrogen-bond acceptors (Lipinski definition) is 3. The van der Waals surface area contributed by atoms with Crippen LogP contribution in [0.5, 0.6) is 5.75 Å². The molecule has 1 aliphatic rings. The monoisotopic (exact) mass is 231 g/mol. The zero-order chi connectivity index (χ0) is 11.7. The molecule has 0 amide bonds. The van der Waals surface area contributed by atoms with Crippen LogP contribution in [0.3, 0.4) is 0 Å². The van der Waals surface area contributed by atoms with Crippen molar-refractivity contribution >= 4 is 10.9 Å². The number of rotatable bonds is 2. The first kappa shape index (κ1) is 10.6. The van der Waals surface area contributed by atoms with Gasteiger partial charge in [0.25, 0.3) is 0 Å². The molecule has 1 saturated heterocycles. The molecule has 0 bridgehead atoms. The molecule has 0 unspecified atom stereocenters. The Labute approximate surface area is 101 Å². The number of aryl methyl sites for hydroxylation is 1. The third-order valence-electron chi connectivity index (χ3n) is 3.18. The van der Waals surface area contributed by atoms with Gasteiger partial charge >= 0.3 is 0 Å². The third kappa shape index (κ3) is 2.26. The quantitative estimate of drug-likeness (QED) is 0.855. The van der Waals surface area contributed by atoms with Crippen molar-refractivity contribution in [3.8, 4) is 5.75 Å². The van der Waals surface area contributed by atoms with Crippen LogP contribution in [0.15, 0.2) is 24.4 Å². The molecule has 0 aliphatic carbocycles. The second kappa shape index (κ2) is 4.37. The highest BCUT2D eigenvalue weighted by molar-refractivity contribution is 5.79. The first-order valence-corrected chi connectivity index (χ1v) is 6.12. The fraction of sp³-hybridized carbons (Fsp3) is 0.462. The molecule has 4 heteroatoms. The van der Waals surface area contributed by atoms with E-state index in [9.17, 15) is 0 Å². The molecule has 90 valence electrons. The summed E-state index contributed by atoms with van der Waals surface area (Å²) in [4.78, 5) is 0. The predicted molar refractivity (Wildman–Crippen MR) is 67.2 cm³/mol. The Kier molecular flexibility index (Phi) is 2.73. The Bertz CT molecular complexity index is 514. The molecule has 1 aliphatic heterocycles. The molecule has 1 N–H and O–H groups in total. The maximum Gasteiger partial charge on any atom is 0.120 e. The van der Waals surface area contributed by atoms with Gasteiger partial charge in [0.15, 0.2) is 0 Å². The van der Waals surface area contributed by atoms with Gasteiger partial charge in [0, 0.05) is 18.6 Å². The predicted octanol–water partition coefficient (Wildman–Crippen LogP) is 1.70. The van der Waals surface area contributed by atoms with E-state index in [2.05, 4.69) is 16.5 Å². The molecule has 3 rings (SSSR count). The van der Waals surface area contributed by atoms with Crippen molar-refractivity contribution in [3.05, 3.63) is 24.4 Å². The van der Waals surface area contributed by atoms with Crippen molar-refractivity contribution in [2.45, 2.75) is 18.9 Å². The Hall–Kier alpha value is -1.55. The van der Waals surface area contributed by atoms with E-state index in [0.29, 0.717) is 6.10 Å². The summed E-state index contributed by atoms with van der Waals surface area (Å²) in [6.45, 7) is 2.11. The topological polar surface area (TPSA) is 39.1 Å². The average molecular weight is 231 g/mol. The Morgan fingerprint density at radius 3 is 3.00 bits per heavy atom. The molecular weight excluding hydrogens is 214 g/mol. The van der Waals surface area contributed by atoms with Crippen LogP contribution in [-0.4, -0.2) is 29.0 Å². The van der Waals surface area contributed by atoms with Crippen molar-refractivity contribution in [3.63, 3.8) is 0 Å². The van der Waals surface area contributed by atoms with E-state index >= 15 is 0 Å². The maximum atomic E-state index is 6.00. The van der Waals surface area contributed by atoms with E-state index in [1.807, 2.05) is 30.1 Å². The van der Waals surface area contributed by atoms with Gasteiger partial charge in [-0.3, -0.25) is 4.68 Å². The molecule has 4 nitrogen and oxygen atoms in total. The minimum absolute atomic E-state index is 0.352. The molecule has 0 saturated carbocycles. The SMILES string of the molecule is Cn1cc2cc(OC3CCNCC3)ccc2n1. The number of aromatic nitrogens is 2. The number of ether oxygens (including phenoxy) is 1. The Balaban J connectivity index is 1.79. The smallest absolute Gasteiger partial charge is 0.120 e. The summed E-state index contributed by atoms with van der Waals surface area (Å²) in [5.74, 6) is 0.956. The molecule has 0 spiro atoms. The van der Waals surface area contributed by atoms with Crippen LogP contribution in [0.4, 0.5) is 0 Å². The normalized spacial score (nSPS) is 17.5. The van der Waals surface area contributed by atoms with Gasteiger partial charge in [0.1, 0.15) is 11.9 Å². The minimum atomic E-state index is 0.352. The lowest BCUT2D eigenvalue weighted by Gasteiger charge is -2.23. The van der Waals surface area contributed by atoms with Crippen LogP contribution in [0.25, 0.3) is 10.9 Å². The molecule has 0 radical (unpaired) electrons. The van der Waals surface area contributed by atoms with Gasteiger partial charge in [-0.05, 0) is 44.1 Å². The first-order chi connectivity index (χ1) is 8.31. The number of piperidine rings is 1. The Morgan fingerprint density at radius 1 is 1.35 bits per heavy atom. The van der Waals surface area contributed by atoms with Gasteiger partial charge in [-0.1, -0.05) is 0 Å². The molecule has 2 aromatic rings. The van der Waals surface area contributed by atoms with E-state index in [1.54, 1.807) is 0 Å². The van der Waals surface area contributed by atoms with Gasteiger partial charge in [-0.25, -0.2) is 0 Å². The van der Waals surface area contributed by atoms with Crippen LogP contribution in [-0.2, 0) is 7.05 Å². The van der Waals surface area contributed by atoms with Crippen molar-refractivity contribution < 1.29 is 4.74 Å². The summed E-state index contributed by atoms with van der Waals surface area (Å²) in [6, 6.07) is 6.10. The van der Waals surface area contributed by atoms with Crippen molar-refractivity contribution in [2.75, 3.05) is 13.1 Å². The number of nitrogens with one attached hydrogen (secondary N) is 1. The van der Waals surface area contributed by atoms with Gasteiger partial charge in [0.2, 0.25) is 0 Å². The average Bonchev–Trinajstić information content (AvgIpc) is 2.70. The van der Waals surface area contributed by atoms with E-state index in [1.165, 1.54) is 0 Å². The van der Waals surface area contributed by atoms with Crippen molar-refractivity contribution in [2.24, 2.45) is 7.05 Å². The number of fused-ring (bicyclic) bond motifs is 1. The summed E-state index contributed by atoms with van der Waals surface area (Å²) >= 11 is 0. The Morgan fingerprint density at radius 2 is 2.18 bits per heavy atom. The fourth-order valence-electron chi connectivity index (χ4n) is 2.31. The molecule has 2 heterocycles. The second-order valence-electron chi connectivity index (χ2n) is 4.59. The largest absolute Gasteiger partial charge is 0.490 e. The van der Waals surface area contributed by atoms with Crippen LogP contribution in [0.1, 0.15) is 12.8 Å². The third-order valence-corrected chi connectivity index (χ3v) is 3.18. The van der Waals surface area contributed by atoms with Gasteiger partial charge in [-0.15, -0.1) is 0 Å².